The van der Waals surface area contributed by atoms with Gasteiger partial charge in [-0.2, -0.15) is 13.2 Å². The minimum atomic E-state index is -5.01. The third-order valence-electron chi connectivity index (χ3n) is 2.47. The Bertz CT molecular complexity index is 496. The van der Waals surface area contributed by atoms with Crippen LogP contribution in [0.4, 0.5) is 13.2 Å². The fourth-order valence-corrected chi connectivity index (χ4v) is 1.84. The molecule has 1 aromatic carbocycles. The molecule has 0 bridgehead atoms. The van der Waals surface area contributed by atoms with Crippen molar-refractivity contribution in [3.63, 3.8) is 0 Å². The van der Waals surface area contributed by atoms with Crippen LogP contribution in [0.15, 0.2) is 24.0 Å². The molecule has 0 saturated heterocycles. The van der Waals surface area contributed by atoms with Gasteiger partial charge in [0.1, 0.15) is 0 Å². The SMILES string of the molecule is Cc1cc(C)c(C(=O)C=C([O-])C(F)(F)F)c(C)c1.[Na+]. The number of carbonyl (C=O) groups excluding carboxylic acids is 1. The molecule has 0 amide bonds. The number of aryl methyl sites for hydroxylation is 3. The molecule has 0 aliphatic heterocycles. The van der Waals surface area contributed by atoms with Gasteiger partial charge in [-0.25, -0.2) is 0 Å². The van der Waals surface area contributed by atoms with Crippen molar-refractivity contribution >= 4 is 5.78 Å². The second-order valence-electron chi connectivity index (χ2n) is 4.14. The second-order valence-corrected chi connectivity index (χ2v) is 4.14. The Kier molecular flexibility index (Phi) is 6.32. The van der Waals surface area contributed by atoms with Crippen LogP contribution < -0.4 is 34.7 Å². The summed E-state index contributed by atoms with van der Waals surface area (Å²) in [7, 11) is 0. The van der Waals surface area contributed by atoms with Gasteiger partial charge in [0.25, 0.3) is 0 Å². The zero-order chi connectivity index (χ0) is 14.1. The molecule has 0 N–H and O–H groups in total. The Balaban J connectivity index is 0.00000324. The molecule has 0 aromatic heterocycles. The van der Waals surface area contributed by atoms with E-state index in [0.29, 0.717) is 11.1 Å². The summed E-state index contributed by atoms with van der Waals surface area (Å²) in [5.74, 6) is -3.04. The summed E-state index contributed by atoms with van der Waals surface area (Å²) in [5, 5.41) is 10.7. The van der Waals surface area contributed by atoms with Crippen LogP contribution in [0.2, 0.25) is 0 Å². The topological polar surface area (TPSA) is 40.1 Å². The minimum Gasteiger partial charge on any atom is -0.869 e. The fraction of sp³-hybridized carbons (Fsp3) is 0.308. The number of hydrogen-bond acceptors (Lipinski definition) is 2. The predicted octanol–water partition coefficient (Wildman–Crippen LogP) is -0.395. The van der Waals surface area contributed by atoms with Crippen LogP contribution in [0.5, 0.6) is 0 Å². The molecule has 0 aliphatic carbocycles. The van der Waals surface area contributed by atoms with Crippen molar-refractivity contribution in [3.05, 3.63) is 46.2 Å². The Morgan fingerprint density at radius 1 is 1.16 bits per heavy atom. The van der Waals surface area contributed by atoms with Gasteiger partial charge in [-0.05, 0) is 43.7 Å². The molecular weight excluding hydrogens is 268 g/mol. The smallest absolute Gasteiger partial charge is 0.869 e. The third kappa shape index (κ3) is 4.67. The predicted molar refractivity (Wildman–Crippen MR) is 59.1 cm³/mol. The van der Waals surface area contributed by atoms with Gasteiger partial charge in [-0.1, -0.05) is 17.7 Å². The number of alkyl halides is 3. The molecule has 0 unspecified atom stereocenters. The standard InChI is InChI=1S/C13H13F3O2.Na/c1-7-4-8(2)12(9(3)5-7)10(17)6-11(18)13(14,15)16;/h4-6,18H,1-3H3;/q;+1/p-1. The van der Waals surface area contributed by atoms with Crippen LogP contribution in [-0.4, -0.2) is 12.0 Å². The first-order valence-corrected chi connectivity index (χ1v) is 5.21. The molecule has 0 fully saturated rings. The summed E-state index contributed by atoms with van der Waals surface area (Å²) in [5.41, 5.74) is 2.18. The molecule has 0 saturated carbocycles. The summed E-state index contributed by atoms with van der Waals surface area (Å²) in [6.45, 7) is 5.07. The van der Waals surface area contributed by atoms with E-state index in [2.05, 4.69) is 0 Å². The van der Waals surface area contributed by atoms with E-state index in [1.165, 1.54) is 0 Å². The van der Waals surface area contributed by atoms with E-state index in [1.54, 1.807) is 26.0 Å². The monoisotopic (exact) mass is 280 g/mol. The zero-order valence-corrected chi connectivity index (χ0v) is 13.2. The van der Waals surface area contributed by atoms with Crippen LogP contribution in [-0.2, 0) is 0 Å². The first-order chi connectivity index (χ1) is 8.12. The molecule has 0 aliphatic rings. The number of hydrogen-bond donors (Lipinski definition) is 0. The van der Waals surface area contributed by atoms with E-state index in [9.17, 15) is 23.1 Å². The van der Waals surface area contributed by atoms with E-state index in [-0.39, 0.29) is 41.2 Å². The Morgan fingerprint density at radius 2 is 1.58 bits per heavy atom. The molecule has 2 nitrogen and oxygen atoms in total. The summed E-state index contributed by atoms with van der Waals surface area (Å²) >= 11 is 0. The van der Waals surface area contributed by atoms with Gasteiger partial charge in [0.15, 0.2) is 5.78 Å². The first kappa shape index (κ1) is 18.2. The van der Waals surface area contributed by atoms with Gasteiger partial charge in [-0.15, -0.1) is 0 Å². The van der Waals surface area contributed by atoms with Gasteiger partial charge in [0.2, 0.25) is 0 Å². The third-order valence-corrected chi connectivity index (χ3v) is 2.47. The maximum absolute atomic E-state index is 12.1. The second kappa shape index (κ2) is 6.59. The van der Waals surface area contributed by atoms with Crippen molar-refractivity contribution in [3.8, 4) is 0 Å². The average Bonchev–Trinajstić information content (AvgIpc) is 2.13. The molecule has 6 heteroatoms. The molecule has 1 rings (SSSR count). The van der Waals surface area contributed by atoms with Crippen LogP contribution in [0.1, 0.15) is 27.0 Å². The van der Waals surface area contributed by atoms with Crippen molar-refractivity contribution < 1.29 is 52.6 Å². The van der Waals surface area contributed by atoms with Gasteiger partial charge in [0, 0.05) is 5.56 Å². The van der Waals surface area contributed by atoms with E-state index < -0.39 is 17.7 Å². The van der Waals surface area contributed by atoms with E-state index in [0.717, 1.165) is 5.56 Å². The molecule has 1 aromatic rings. The summed E-state index contributed by atoms with van der Waals surface area (Å²) in [4.78, 5) is 11.7. The summed E-state index contributed by atoms with van der Waals surface area (Å²) < 4.78 is 36.2. The Labute approximate surface area is 131 Å². The normalized spacial score (nSPS) is 12.0. The molecular formula is C13H12F3NaO2. The van der Waals surface area contributed by atoms with Crippen molar-refractivity contribution in [1.82, 2.24) is 0 Å². The maximum Gasteiger partial charge on any atom is 1.00 e. The number of carbonyl (C=O) groups is 1. The van der Waals surface area contributed by atoms with Crippen LogP contribution in [0.25, 0.3) is 0 Å². The summed E-state index contributed by atoms with van der Waals surface area (Å²) in [6, 6.07) is 3.37. The number of benzene rings is 1. The summed E-state index contributed by atoms with van der Waals surface area (Å²) in [6.07, 6.45) is -4.91. The molecule has 98 valence electrons. The molecule has 0 spiro atoms. The molecule has 0 atom stereocenters. The van der Waals surface area contributed by atoms with Crippen LogP contribution >= 0.6 is 0 Å². The molecule has 19 heavy (non-hydrogen) atoms. The minimum absolute atomic E-state index is 0. The van der Waals surface area contributed by atoms with Crippen molar-refractivity contribution in [2.45, 2.75) is 26.9 Å². The largest absolute Gasteiger partial charge is 1.00 e. The van der Waals surface area contributed by atoms with Crippen molar-refractivity contribution in [2.75, 3.05) is 0 Å². The average molecular weight is 280 g/mol. The van der Waals surface area contributed by atoms with Gasteiger partial charge >= 0.3 is 35.7 Å². The fourth-order valence-electron chi connectivity index (χ4n) is 1.84. The van der Waals surface area contributed by atoms with Gasteiger partial charge in [0.05, 0.1) is 0 Å². The van der Waals surface area contributed by atoms with Crippen LogP contribution in [0, 0.1) is 20.8 Å². The quantitative estimate of drug-likeness (QED) is 0.320. The number of allylic oxidation sites excluding steroid dienone is 2. The maximum atomic E-state index is 12.1. The van der Waals surface area contributed by atoms with Crippen molar-refractivity contribution in [1.29, 1.82) is 0 Å². The Hall–Kier alpha value is -0.780. The van der Waals surface area contributed by atoms with E-state index in [4.69, 9.17) is 0 Å². The number of halogens is 3. The number of ketones is 1. The Morgan fingerprint density at radius 3 is 1.95 bits per heavy atom. The van der Waals surface area contributed by atoms with E-state index in [1.807, 2.05) is 6.92 Å². The zero-order valence-electron chi connectivity index (χ0n) is 11.2. The van der Waals surface area contributed by atoms with Gasteiger partial charge < -0.3 is 5.11 Å². The molecule has 0 heterocycles. The van der Waals surface area contributed by atoms with Crippen molar-refractivity contribution in [2.24, 2.45) is 0 Å². The number of rotatable bonds is 2. The molecule has 0 radical (unpaired) electrons. The first-order valence-electron chi connectivity index (χ1n) is 5.21. The van der Waals surface area contributed by atoms with Gasteiger partial charge in [-0.3, -0.25) is 4.79 Å². The van der Waals surface area contributed by atoms with E-state index >= 15 is 0 Å². The van der Waals surface area contributed by atoms with Crippen LogP contribution in [0.3, 0.4) is 0 Å².